The second-order valence-electron chi connectivity index (χ2n) is 5.20. The van der Waals surface area contributed by atoms with Gasteiger partial charge in [-0.25, -0.2) is 0 Å². The quantitative estimate of drug-likeness (QED) is 0.621. The molecule has 0 bridgehead atoms. The van der Waals surface area contributed by atoms with E-state index in [0.717, 1.165) is 12.1 Å². The van der Waals surface area contributed by atoms with E-state index in [2.05, 4.69) is 24.1 Å². The summed E-state index contributed by atoms with van der Waals surface area (Å²) in [5.41, 5.74) is 0.911. The Kier molecular flexibility index (Phi) is 4.81. The minimum absolute atomic E-state index is 0.0174. The molecule has 0 atom stereocenters. The van der Waals surface area contributed by atoms with E-state index in [9.17, 15) is 10.1 Å². The number of rotatable bonds is 6. The Hall–Kier alpha value is -1.46. The predicted molar refractivity (Wildman–Crippen MR) is 72.6 cm³/mol. The molecule has 1 rings (SSSR count). The van der Waals surface area contributed by atoms with E-state index in [-0.39, 0.29) is 16.1 Å². The van der Waals surface area contributed by atoms with Crippen LogP contribution in [-0.2, 0) is 6.54 Å². The number of nitro groups is 1. The summed E-state index contributed by atoms with van der Waals surface area (Å²) in [5.74, 6) is 0. The molecule has 0 fully saturated rings. The first-order chi connectivity index (χ1) is 8.34. The second kappa shape index (κ2) is 5.93. The number of nitrogens with zero attached hydrogens (tertiary/aromatic N) is 2. The number of nitrogens with one attached hydrogen (secondary N) is 1. The van der Waals surface area contributed by atoms with Gasteiger partial charge < -0.3 is 10.2 Å². The zero-order chi connectivity index (χ0) is 13.8. The summed E-state index contributed by atoms with van der Waals surface area (Å²) >= 11 is 0. The van der Waals surface area contributed by atoms with Gasteiger partial charge in [0.1, 0.15) is 0 Å². The lowest BCUT2D eigenvalue weighted by Gasteiger charge is -2.32. The third-order valence-electron chi connectivity index (χ3n) is 3.27. The van der Waals surface area contributed by atoms with Crippen molar-refractivity contribution in [3.63, 3.8) is 0 Å². The smallest absolute Gasteiger partial charge is 0.273 e. The molecular formula is C13H21N3O2. The third kappa shape index (κ3) is 3.78. The zero-order valence-corrected chi connectivity index (χ0v) is 11.4. The molecule has 0 aliphatic heterocycles. The molecule has 0 radical (unpaired) electrons. The Bertz CT molecular complexity index is 416. The molecule has 18 heavy (non-hydrogen) atoms. The van der Waals surface area contributed by atoms with Gasteiger partial charge in [0.15, 0.2) is 0 Å². The van der Waals surface area contributed by atoms with Crippen LogP contribution < -0.4 is 5.32 Å². The van der Waals surface area contributed by atoms with E-state index >= 15 is 0 Å². The van der Waals surface area contributed by atoms with E-state index in [1.165, 1.54) is 6.07 Å². The van der Waals surface area contributed by atoms with Gasteiger partial charge >= 0.3 is 0 Å². The van der Waals surface area contributed by atoms with Crippen LogP contribution in [0.3, 0.4) is 0 Å². The fraction of sp³-hybridized carbons (Fsp3) is 0.538. The second-order valence-corrected chi connectivity index (χ2v) is 5.20. The molecule has 0 saturated carbocycles. The Morgan fingerprint density at radius 2 is 1.94 bits per heavy atom. The lowest BCUT2D eigenvalue weighted by Crippen LogP contribution is -2.46. The largest absolute Gasteiger partial charge is 0.311 e. The summed E-state index contributed by atoms with van der Waals surface area (Å²) < 4.78 is 0. The zero-order valence-electron chi connectivity index (χ0n) is 11.4. The SMILES string of the molecule is CN(C)C(C)(C)CNCc1ccccc1[N+](=O)[O-]. The molecule has 0 aliphatic rings. The maximum atomic E-state index is 10.9. The van der Waals surface area contributed by atoms with Crippen LogP contribution in [0.1, 0.15) is 19.4 Å². The van der Waals surface area contributed by atoms with Crippen molar-refractivity contribution in [1.29, 1.82) is 0 Å². The van der Waals surface area contributed by atoms with Crippen molar-refractivity contribution in [3.05, 3.63) is 39.9 Å². The van der Waals surface area contributed by atoms with Crippen molar-refractivity contribution < 1.29 is 4.92 Å². The average molecular weight is 251 g/mol. The number of para-hydroxylation sites is 1. The van der Waals surface area contributed by atoms with Crippen LogP contribution in [-0.4, -0.2) is 36.0 Å². The van der Waals surface area contributed by atoms with E-state index in [0.29, 0.717) is 6.54 Å². The molecule has 0 aromatic heterocycles. The van der Waals surface area contributed by atoms with Crippen LogP contribution in [0.5, 0.6) is 0 Å². The summed E-state index contributed by atoms with van der Waals surface area (Å²) in [6.45, 7) is 5.53. The van der Waals surface area contributed by atoms with Crippen LogP contribution in [0.15, 0.2) is 24.3 Å². The molecule has 0 unspecified atom stereocenters. The Morgan fingerprint density at radius 3 is 2.50 bits per heavy atom. The topological polar surface area (TPSA) is 58.4 Å². The molecule has 0 amide bonds. The molecule has 0 aliphatic carbocycles. The fourth-order valence-electron chi connectivity index (χ4n) is 1.50. The highest BCUT2D eigenvalue weighted by Gasteiger charge is 2.20. The van der Waals surface area contributed by atoms with Gasteiger partial charge in [0.25, 0.3) is 5.69 Å². The van der Waals surface area contributed by atoms with Crippen molar-refractivity contribution >= 4 is 5.69 Å². The summed E-state index contributed by atoms with van der Waals surface area (Å²) in [5, 5.41) is 14.1. The van der Waals surface area contributed by atoms with Crippen LogP contribution in [0, 0.1) is 10.1 Å². The first-order valence-corrected chi connectivity index (χ1v) is 5.95. The fourth-order valence-corrected chi connectivity index (χ4v) is 1.50. The Labute approximate surface area is 108 Å². The molecule has 5 heteroatoms. The van der Waals surface area contributed by atoms with E-state index in [4.69, 9.17) is 0 Å². The highest BCUT2D eigenvalue weighted by Crippen LogP contribution is 2.17. The van der Waals surface area contributed by atoms with Gasteiger partial charge in [0.2, 0.25) is 0 Å². The van der Waals surface area contributed by atoms with Crippen LogP contribution in [0.2, 0.25) is 0 Å². The minimum atomic E-state index is -0.339. The van der Waals surface area contributed by atoms with Gasteiger partial charge in [-0.2, -0.15) is 0 Å². The van der Waals surface area contributed by atoms with Gasteiger partial charge in [-0.1, -0.05) is 18.2 Å². The van der Waals surface area contributed by atoms with Crippen molar-refractivity contribution in [3.8, 4) is 0 Å². The lowest BCUT2D eigenvalue weighted by atomic mass is 10.0. The standard InChI is InChI=1S/C13H21N3O2/c1-13(2,15(3)4)10-14-9-11-7-5-6-8-12(11)16(17)18/h5-8,14H,9-10H2,1-4H3. The summed E-state index contributed by atoms with van der Waals surface area (Å²) in [6.07, 6.45) is 0. The first-order valence-electron chi connectivity index (χ1n) is 5.95. The Morgan fingerprint density at radius 1 is 1.33 bits per heavy atom. The molecule has 0 saturated heterocycles. The van der Waals surface area contributed by atoms with E-state index < -0.39 is 0 Å². The molecule has 1 aromatic rings. The van der Waals surface area contributed by atoms with E-state index in [1.54, 1.807) is 12.1 Å². The number of benzene rings is 1. The molecule has 100 valence electrons. The van der Waals surface area contributed by atoms with Gasteiger partial charge in [-0.05, 0) is 27.9 Å². The van der Waals surface area contributed by atoms with Crippen molar-refractivity contribution in [2.45, 2.75) is 25.9 Å². The van der Waals surface area contributed by atoms with Crippen LogP contribution >= 0.6 is 0 Å². The normalized spacial score (nSPS) is 11.8. The molecule has 0 spiro atoms. The maximum absolute atomic E-state index is 10.9. The monoisotopic (exact) mass is 251 g/mol. The Balaban J connectivity index is 2.62. The average Bonchev–Trinajstić information content (AvgIpc) is 2.29. The van der Waals surface area contributed by atoms with Crippen molar-refractivity contribution in [2.75, 3.05) is 20.6 Å². The van der Waals surface area contributed by atoms with Gasteiger partial charge in [-0.3, -0.25) is 10.1 Å². The van der Waals surface area contributed by atoms with Crippen molar-refractivity contribution in [1.82, 2.24) is 10.2 Å². The summed E-state index contributed by atoms with van der Waals surface area (Å²) in [7, 11) is 4.04. The number of likely N-dealkylation sites (N-methyl/N-ethyl adjacent to an activating group) is 1. The first kappa shape index (κ1) is 14.6. The molecular weight excluding hydrogens is 230 g/mol. The molecule has 0 heterocycles. The number of nitro benzene ring substituents is 1. The van der Waals surface area contributed by atoms with Crippen LogP contribution in [0.4, 0.5) is 5.69 Å². The maximum Gasteiger partial charge on any atom is 0.273 e. The van der Waals surface area contributed by atoms with Crippen LogP contribution in [0.25, 0.3) is 0 Å². The molecule has 1 N–H and O–H groups in total. The van der Waals surface area contributed by atoms with E-state index in [1.807, 2.05) is 20.2 Å². The summed E-state index contributed by atoms with van der Waals surface area (Å²) in [6, 6.07) is 6.83. The molecule has 1 aromatic carbocycles. The molecule has 5 nitrogen and oxygen atoms in total. The van der Waals surface area contributed by atoms with Gasteiger partial charge in [0, 0.05) is 30.3 Å². The number of hydrogen-bond donors (Lipinski definition) is 1. The summed E-state index contributed by atoms with van der Waals surface area (Å²) in [4.78, 5) is 12.6. The lowest BCUT2D eigenvalue weighted by molar-refractivity contribution is -0.385. The highest BCUT2D eigenvalue weighted by molar-refractivity contribution is 5.39. The van der Waals surface area contributed by atoms with Gasteiger partial charge in [-0.15, -0.1) is 0 Å². The minimum Gasteiger partial charge on any atom is -0.311 e. The van der Waals surface area contributed by atoms with Crippen molar-refractivity contribution in [2.24, 2.45) is 0 Å². The number of hydrogen-bond acceptors (Lipinski definition) is 4. The highest BCUT2D eigenvalue weighted by atomic mass is 16.6. The predicted octanol–water partition coefficient (Wildman–Crippen LogP) is 2.02. The third-order valence-corrected chi connectivity index (χ3v) is 3.27. The van der Waals surface area contributed by atoms with Gasteiger partial charge in [0.05, 0.1) is 4.92 Å².